The van der Waals surface area contributed by atoms with E-state index in [-0.39, 0.29) is 47.0 Å². The number of nitriles is 1. The van der Waals surface area contributed by atoms with Crippen molar-refractivity contribution in [1.29, 1.82) is 5.26 Å². The van der Waals surface area contributed by atoms with Gasteiger partial charge in [-0.3, -0.25) is 0 Å². The molecule has 1 aromatic heterocycles. The van der Waals surface area contributed by atoms with Crippen molar-refractivity contribution >= 4 is 21.6 Å². The average molecular weight is 397 g/mol. The van der Waals surface area contributed by atoms with E-state index in [0.717, 1.165) is 0 Å². The molecule has 8 nitrogen and oxygen atoms in total. The van der Waals surface area contributed by atoms with Gasteiger partial charge in [-0.05, 0) is 18.2 Å². The van der Waals surface area contributed by atoms with E-state index in [9.17, 15) is 8.42 Å². The molecule has 0 N–H and O–H groups in total. The quantitative estimate of drug-likeness (QED) is 0.780. The number of morpholine rings is 1. The van der Waals surface area contributed by atoms with Gasteiger partial charge in [0.2, 0.25) is 21.8 Å². The largest absolute Gasteiger partial charge is 0.422 e. The minimum Gasteiger partial charge on any atom is -0.422 e. The van der Waals surface area contributed by atoms with E-state index in [1.54, 1.807) is 0 Å². The Balaban J connectivity index is 1.84. The van der Waals surface area contributed by atoms with Crippen LogP contribution in [0.3, 0.4) is 0 Å². The molecule has 1 atom stereocenters. The topological polar surface area (TPSA) is 109 Å². The highest BCUT2D eigenvalue weighted by molar-refractivity contribution is 7.89. The standard InChI is InChI=1S/C16H17ClN4O4S/c1-10(2)15-19-20-16(25-15)14-9-21(5-6-24-14)26(22,23)12-4-3-11(8-18)13(17)7-12/h3-4,7,10,14H,5-6,9H2,1-2H3. The zero-order valence-electron chi connectivity index (χ0n) is 14.2. The Morgan fingerprint density at radius 1 is 1.38 bits per heavy atom. The molecule has 1 saturated heterocycles. The van der Waals surface area contributed by atoms with Crippen LogP contribution in [0.5, 0.6) is 0 Å². The Morgan fingerprint density at radius 2 is 2.15 bits per heavy atom. The van der Waals surface area contributed by atoms with Gasteiger partial charge in [0.25, 0.3) is 0 Å². The van der Waals surface area contributed by atoms with Crippen LogP contribution in [0, 0.1) is 11.3 Å². The van der Waals surface area contributed by atoms with Gasteiger partial charge in [0.05, 0.1) is 22.1 Å². The van der Waals surface area contributed by atoms with Crippen molar-refractivity contribution in [3.63, 3.8) is 0 Å². The summed E-state index contributed by atoms with van der Waals surface area (Å²) >= 11 is 5.97. The summed E-state index contributed by atoms with van der Waals surface area (Å²) in [6.07, 6.45) is -0.632. The van der Waals surface area contributed by atoms with Gasteiger partial charge in [0, 0.05) is 19.0 Å². The van der Waals surface area contributed by atoms with Crippen LogP contribution in [-0.4, -0.2) is 42.6 Å². The molecule has 138 valence electrons. The second-order valence-corrected chi connectivity index (χ2v) is 8.45. The molecule has 2 heterocycles. The lowest BCUT2D eigenvalue weighted by atomic mass is 10.2. The highest BCUT2D eigenvalue weighted by Gasteiger charge is 2.34. The van der Waals surface area contributed by atoms with Gasteiger partial charge < -0.3 is 9.15 Å². The monoisotopic (exact) mass is 396 g/mol. The molecule has 26 heavy (non-hydrogen) atoms. The summed E-state index contributed by atoms with van der Waals surface area (Å²) in [5, 5.41) is 16.9. The molecule has 0 spiro atoms. The van der Waals surface area contributed by atoms with E-state index in [1.807, 2.05) is 19.9 Å². The number of rotatable bonds is 4. The van der Waals surface area contributed by atoms with Crippen LogP contribution in [0.1, 0.15) is 43.2 Å². The van der Waals surface area contributed by atoms with Crippen LogP contribution in [-0.2, 0) is 14.8 Å². The molecule has 1 aliphatic rings. The fourth-order valence-corrected chi connectivity index (χ4v) is 4.24. The molecule has 2 aromatic rings. The zero-order valence-corrected chi connectivity index (χ0v) is 15.8. The number of ether oxygens (including phenoxy) is 1. The van der Waals surface area contributed by atoms with E-state index in [4.69, 9.17) is 26.0 Å². The van der Waals surface area contributed by atoms with Crippen molar-refractivity contribution in [2.24, 2.45) is 0 Å². The first-order valence-corrected chi connectivity index (χ1v) is 9.79. The second-order valence-electron chi connectivity index (χ2n) is 6.11. The van der Waals surface area contributed by atoms with E-state index in [2.05, 4.69) is 10.2 Å². The molecule has 0 radical (unpaired) electrons. The van der Waals surface area contributed by atoms with Crippen LogP contribution in [0.4, 0.5) is 0 Å². The van der Waals surface area contributed by atoms with Gasteiger partial charge in [-0.1, -0.05) is 25.4 Å². The van der Waals surface area contributed by atoms with E-state index in [0.29, 0.717) is 5.89 Å². The predicted molar refractivity (Wildman–Crippen MR) is 92.0 cm³/mol. The zero-order chi connectivity index (χ0) is 18.9. The van der Waals surface area contributed by atoms with E-state index < -0.39 is 16.1 Å². The Labute approximate surface area is 156 Å². The number of sulfonamides is 1. The van der Waals surface area contributed by atoms with Crippen LogP contribution in [0.2, 0.25) is 5.02 Å². The fraction of sp³-hybridized carbons (Fsp3) is 0.438. The lowest BCUT2D eigenvalue weighted by molar-refractivity contribution is -0.0179. The van der Waals surface area contributed by atoms with Crippen molar-refractivity contribution in [3.05, 3.63) is 40.6 Å². The lowest BCUT2D eigenvalue weighted by Gasteiger charge is -2.30. The molecule has 1 aromatic carbocycles. The minimum absolute atomic E-state index is 0.0237. The third-order valence-corrected chi connectivity index (χ3v) is 6.13. The van der Waals surface area contributed by atoms with Crippen molar-refractivity contribution < 1.29 is 17.6 Å². The summed E-state index contributed by atoms with van der Waals surface area (Å²) in [5.74, 6) is 0.800. The van der Waals surface area contributed by atoms with Gasteiger partial charge in [0.1, 0.15) is 12.2 Å². The summed E-state index contributed by atoms with van der Waals surface area (Å²) in [7, 11) is -3.79. The highest BCUT2D eigenvalue weighted by Crippen LogP contribution is 2.28. The molecule has 0 amide bonds. The second kappa shape index (κ2) is 7.32. The molecule has 0 bridgehead atoms. The summed E-state index contributed by atoms with van der Waals surface area (Å²) < 4.78 is 38.3. The first-order valence-electron chi connectivity index (χ1n) is 7.97. The molecule has 10 heteroatoms. The maximum atomic E-state index is 12.9. The average Bonchev–Trinajstić information content (AvgIpc) is 3.12. The molecule has 1 aliphatic heterocycles. The number of nitrogens with zero attached hydrogens (tertiary/aromatic N) is 4. The predicted octanol–water partition coefficient (Wildman–Crippen LogP) is 2.48. The van der Waals surface area contributed by atoms with Gasteiger partial charge in [-0.15, -0.1) is 10.2 Å². The Morgan fingerprint density at radius 3 is 2.77 bits per heavy atom. The maximum absolute atomic E-state index is 12.9. The van der Waals surface area contributed by atoms with Gasteiger partial charge in [-0.2, -0.15) is 9.57 Å². The van der Waals surface area contributed by atoms with E-state index in [1.165, 1.54) is 22.5 Å². The molecule has 1 fully saturated rings. The molecule has 0 aliphatic carbocycles. The molecule has 3 rings (SSSR count). The number of halogens is 1. The van der Waals surface area contributed by atoms with E-state index >= 15 is 0 Å². The maximum Gasteiger partial charge on any atom is 0.246 e. The third-order valence-electron chi connectivity index (χ3n) is 3.95. The first kappa shape index (κ1) is 18.8. The highest BCUT2D eigenvalue weighted by atomic mass is 35.5. The Kier molecular flexibility index (Phi) is 5.29. The normalized spacial score (nSPS) is 18.8. The fourth-order valence-electron chi connectivity index (χ4n) is 2.50. The van der Waals surface area contributed by atoms with Gasteiger partial charge in [-0.25, -0.2) is 8.42 Å². The van der Waals surface area contributed by atoms with Crippen molar-refractivity contribution in [3.8, 4) is 6.07 Å². The Hall–Kier alpha value is -1.99. The van der Waals surface area contributed by atoms with Crippen molar-refractivity contribution in [1.82, 2.24) is 14.5 Å². The van der Waals surface area contributed by atoms with Crippen LogP contribution in [0.15, 0.2) is 27.5 Å². The molecular formula is C16H17ClN4O4S. The van der Waals surface area contributed by atoms with Crippen LogP contribution < -0.4 is 0 Å². The molecule has 0 saturated carbocycles. The first-order chi connectivity index (χ1) is 12.3. The summed E-state index contributed by atoms with van der Waals surface area (Å²) in [6, 6.07) is 5.94. The van der Waals surface area contributed by atoms with Crippen molar-refractivity contribution in [2.75, 3.05) is 19.7 Å². The van der Waals surface area contributed by atoms with Crippen LogP contribution in [0.25, 0.3) is 0 Å². The smallest absolute Gasteiger partial charge is 0.246 e. The van der Waals surface area contributed by atoms with Gasteiger partial charge in [0.15, 0.2) is 0 Å². The number of benzene rings is 1. The van der Waals surface area contributed by atoms with Gasteiger partial charge >= 0.3 is 0 Å². The molecular weight excluding hydrogens is 380 g/mol. The summed E-state index contributed by atoms with van der Waals surface area (Å²) in [6.45, 7) is 4.30. The third kappa shape index (κ3) is 3.59. The summed E-state index contributed by atoms with van der Waals surface area (Å²) in [5.41, 5.74) is 0.220. The summed E-state index contributed by atoms with van der Waals surface area (Å²) in [4.78, 5) is 0.0237. The van der Waals surface area contributed by atoms with Crippen molar-refractivity contribution in [2.45, 2.75) is 30.8 Å². The minimum atomic E-state index is -3.79. The number of hydrogen-bond donors (Lipinski definition) is 0. The SMILES string of the molecule is CC(C)c1nnc(C2CN(S(=O)(=O)c3ccc(C#N)c(Cl)c3)CCO2)o1. The van der Waals surface area contributed by atoms with Crippen LogP contribution >= 0.6 is 11.6 Å². The number of hydrogen-bond acceptors (Lipinski definition) is 7. The number of aromatic nitrogens is 2. The Bertz CT molecular complexity index is 951. The molecule has 1 unspecified atom stereocenters. The lowest BCUT2D eigenvalue weighted by Crippen LogP contribution is -2.42.